The molecule has 0 spiro atoms. The van der Waals surface area contributed by atoms with Crippen molar-refractivity contribution in [2.75, 3.05) is 11.9 Å². The zero-order valence-electron chi connectivity index (χ0n) is 17.6. The minimum absolute atomic E-state index is 0.0742. The number of hydrogen-bond acceptors (Lipinski definition) is 5. The standard InChI is InChI=1S/C22H28F3N3O2/c1-4-15(2)29-21-26-14-17(22(23,24)25)20(27-21)28(3)18-12-8-9-13-19(18)30-16-10-6-5-7-11-16/h8-9,12-16H,4-7,10-11H2,1-3H3. The number of rotatable bonds is 7. The third kappa shape index (κ3) is 5.34. The second-order valence-electron chi connectivity index (χ2n) is 7.63. The van der Waals surface area contributed by atoms with Crippen molar-refractivity contribution in [2.45, 2.75) is 70.8 Å². The summed E-state index contributed by atoms with van der Waals surface area (Å²) in [6, 6.07) is 7.02. The third-order valence-electron chi connectivity index (χ3n) is 5.32. The molecule has 8 heteroatoms. The van der Waals surface area contributed by atoms with Gasteiger partial charge in [0.05, 0.1) is 17.9 Å². The molecule has 2 aromatic rings. The van der Waals surface area contributed by atoms with Crippen molar-refractivity contribution < 1.29 is 22.6 Å². The lowest BCUT2D eigenvalue weighted by molar-refractivity contribution is -0.137. The third-order valence-corrected chi connectivity index (χ3v) is 5.32. The van der Waals surface area contributed by atoms with E-state index in [4.69, 9.17) is 9.47 Å². The van der Waals surface area contributed by atoms with Crippen LogP contribution in [0.5, 0.6) is 11.8 Å². The van der Waals surface area contributed by atoms with E-state index in [0.717, 1.165) is 31.9 Å². The van der Waals surface area contributed by atoms with E-state index in [9.17, 15) is 13.2 Å². The van der Waals surface area contributed by atoms with E-state index in [0.29, 0.717) is 17.9 Å². The van der Waals surface area contributed by atoms with Gasteiger partial charge in [-0.15, -0.1) is 0 Å². The van der Waals surface area contributed by atoms with Gasteiger partial charge in [0, 0.05) is 13.2 Å². The van der Waals surface area contributed by atoms with Crippen molar-refractivity contribution in [3.63, 3.8) is 0 Å². The quantitative estimate of drug-likeness (QED) is 0.534. The highest BCUT2D eigenvalue weighted by molar-refractivity contribution is 5.68. The molecule has 1 heterocycles. The van der Waals surface area contributed by atoms with E-state index in [1.54, 1.807) is 25.2 Å². The molecule has 1 unspecified atom stereocenters. The lowest BCUT2D eigenvalue weighted by Gasteiger charge is -2.28. The summed E-state index contributed by atoms with van der Waals surface area (Å²) in [4.78, 5) is 9.28. The second kappa shape index (κ2) is 9.53. The number of alkyl halides is 3. The molecule has 1 fully saturated rings. The lowest BCUT2D eigenvalue weighted by Crippen LogP contribution is -2.23. The Morgan fingerprint density at radius 2 is 1.87 bits per heavy atom. The first kappa shape index (κ1) is 22.2. The van der Waals surface area contributed by atoms with E-state index in [-0.39, 0.29) is 24.0 Å². The summed E-state index contributed by atoms with van der Waals surface area (Å²) < 4.78 is 52.8. The van der Waals surface area contributed by atoms with Crippen molar-refractivity contribution in [2.24, 2.45) is 0 Å². The van der Waals surface area contributed by atoms with E-state index in [1.165, 1.54) is 11.3 Å². The van der Waals surface area contributed by atoms with Crippen molar-refractivity contribution in [1.29, 1.82) is 0 Å². The molecule has 1 saturated carbocycles. The van der Waals surface area contributed by atoms with Crippen LogP contribution in [0.2, 0.25) is 0 Å². The molecule has 0 aliphatic heterocycles. The SMILES string of the molecule is CCC(C)Oc1ncc(C(F)(F)F)c(N(C)c2ccccc2OC2CCCCC2)n1. The Hall–Kier alpha value is -2.51. The van der Waals surface area contributed by atoms with E-state index in [1.807, 2.05) is 19.9 Å². The first-order valence-electron chi connectivity index (χ1n) is 10.4. The Labute approximate surface area is 175 Å². The minimum Gasteiger partial charge on any atom is -0.488 e. The van der Waals surface area contributed by atoms with Crippen LogP contribution in [0.25, 0.3) is 0 Å². The Morgan fingerprint density at radius 1 is 1.17 bits per heavy atom. The number of nitrogens with zero attached hydrogens (tertiary/aromatic N) is 3. The Kier molecular flexibility index (Phi) is 7.05. The highest BCUT2D eigenvalue weighted by atomic mass is 19.4. The summed E-state index contributed by atoms with van der Waals surface area (Å²) in [6.45, 7) is 3.73. The van der Waals surface area contributed by atoms with Gasteiger partial charge in [-0.2, -0.15) is 18.2 Å². The first-order valence-corrected chi connectivity index (χ1v) is 10.4. The molecule has 164 valence electrons. The molecular weight excluding hydrogens is 395 g/mol. The minimum atomic E-state index is -4.60. The number of benzene rings is 1. The molecular formula is C22H28F3N3O2. The Balaban J connectivity index is 1.96. The molecule has 5 nitrogen and oxygen atoms in total. The van der Waals surface area contributed by atoms with Crippen LogP contribution in [0.4, 0.5) is 24.7 Å². The smallest absolute Gasteiger partial charge is 0.421 e. The average molecular weight is 423 g/mol. The largest absolute Gasteiger partial charge is 0.488 e. The molecule has 0 N–H and O–H groups in total. The molecule has 0 amide bonds. The van der Waals surface area contributed by atoms with Crippen LogP contribution in [-0.4, -0.2) is 29.2 Å². The van der Waals surface area contributed by atoms with Crippen LogP contribution < -0.4 is 14.4 Å². The van der Waals surface area contributed by atoms with Crippen LogP contribution in [0, 0.1) is 0 Å². The topological polar surface area (TPSA) is 47.5 Å². The lowest BCUT2D eigenvalue weighted by atomic mass is 9.98. The van der Waals surface area contributed by atoms with Crippen molar-refractivity contribution >= 4 is 11.5 Å². The number of ether oxygens (including phenoxy) is 2. The number of anilines is 2. The van der Waals surface area contributed by atoms with Crippen LogP contribution >= 0.6 is 0 Å². The predicted molar refractivity (Wildman–Crippen MR) is 109 cm³/mol. The van der Waals surface area contributed by atoms with E-state index in [2.05, 4.69) is 9.97 Å². The molecule has 1 atom stereocenters. The summed E-state index contributed by atoms with van der Waals surface area (Å²) in [5.74, 6) is 0.276. The monoisotopic (exact) mass is 423 g/mol. The molecule has 3 rings (SSSR count). The molecule has 0 bridgehead atoms. The molecule has 30 heavy (non-hydrogen) atoms. The summed E-state index contributed by atoms with van der Waals surface area (Å²) in [7, 11) is 1.55. The summed E-state index contributed by atoms with van der Waals surface area (Å²) in [5, 5.41) is 0. The van der Waals surface area contributed by atoms with Crippen LogP contribution in [0.15, 0.2) is 30.5 Å². The Bertz CT molecular complexity index is 839. The van der Waals surface area contributed by atoms with Gasteiger partial charge in [0.1, 0.15) is 11.3 Å². The van der Waals surface area contributed by atoms with E-state index >= 15 is 0 Å². The second-order valence-corrected chi connectivity index (χ2v) is 7.63. The van der Waals surface area contributed by atoms with Gasteiger partial charge in [-0.05, 0) is 51.2 Å². The fourth-order valence-corrected chi connectivity index (χ4v) is 3.44. The number of halogens is 3. The summed E-state index contributed by atoms with van der Waals surface area (Å²) in [6.07, 6.45) is 2.03. The fourth-order valence-electron chi connectivity index (χ4n) is 3.44. The molecule has 0 saturated heterocycles. The van der Waals surface area contributed by atoms with Gasteiger partial charge in [-0.1, -0.05) is 25.5 Å². The van der Waals surface area contributed by atoms with Crippen molar-refractivity contribution in [3.05, 3.63) is 36.0 Å². The molecule has 0 radical (unpaired) electrons. The number of aromatic nitrogens is 2. The van der Waals surface area contributed by atoms with Gasteiger partial charge in [0.2, 0.25) is 0 Å². The molecule has 1 aliphatic rings. The molecule has 1 aromatic carbocycles. The highest BCUT2D eigenvalue weighted by Crippen LogP contribution is 2.40. The molecule has 1 aromatic heterocycles. The van der Waals surface area contributed by atoms with Crippen LogP contribution in [0.1, 0.15) is 57.9 Å². The maximum atomic E-state index is 13.7. The predicted octanol–water partition coefficient (Wildman–Crippen LogP) is 6.15. The molecule has 1 aliphatic carbocycles. The van der Waals surface area contributed by atoms with Gasteiger partial charge in [-0.25, -0.2) is 4.98 Å². The first-order chi connectivity index (χ1) is 14.3. The zero-order valence-corrected chi connectivity index (χ0v) is 17.6. The van der Waals surface area contributed by atoms with Gasteiger partial charge in [-0.3, -0.25) is 0 Å². The van der Waals surface area contributed by atoms with Gasteiger partial charge in [0.15, 0.2) is 5.82 Å². The maximum Gasteiger partial charge on any atom is 0.421 e. The normalized spacial score (nSPS) is 16.2. The van der Waals surface area contributed by atoms with Gasteiger partial charge >= 0.3 is 12.2 Å². The maximum absolute atomic E-state index is 13.7. The average Bonchev–Trinajstić information content (AvgIpc) is 2.73. The summed E-state index contributed by atoms with van der Waals surface area (Å²) >= 11 is 0. The number of para-hydroxylation sites is 2. The van der Waals surface area contributed by atoms with Crippen molar-refractivity contribution in [3.8, 4) is 11.8 Å². The van der Waals surface area contributed by atoms with Gasteiger partial charge < -0.3 is 14.4 Å². The van der Waals surface area contributed by atoms with E-state index < -0.39 is 11.7 Å². The van der Waals surface area contributed by atoms with Crippen LogP contribution in [-0.2, 0) is 6.18 Å². The Morgan fingerprint density at radius 3 is 2.53 bits per heavy atom. The van der Waals surface area contributed by atoms with Crippen LogP contribution in [0.3, 0.4) is 0 Å². The van der Waals surface area contributed by atoms with Crippen molar-refractivity contribution in [1.82, 2.24) is 9.97 Å². The van der Waals surface area contributed by atoms with Gasteiger partial charge in [0.25, 0.3) is 0 Å². The number of hydrogen-bond donors (Lipinski definition) is 0. The zero-order chi connectivity index (χ0) is 21.7. The highest BCUT2D eigenvalue weighted by Gasteiger charge is 2.37. The summed E-state index contributed by atoms with van der Waals surface area (Å²) in [5.41, 5.74) is -0.407. The fraction of sp³-hybridized carbons (Fsp3) is 0.545.